The molecule has 1 aromatic rings. The molecule has 0 aromatic heterocycles. The number of ether oxygens (including phenoxy) is 1. The highest BCUT2D eigenvalue weighted by Crippen LogP contribution is 2.33. The van der Waals surface area contributed by atoms with Crippen LogP contribution in [0.4, 0.5) is 0 Å². The molecule has 1 aromatic carbocycles. The van der Waals surface area contributed by atoms with Crippen molar-refractivity contribution >= 4 is 11.8 Å². The molecule has 5 rings (SSSR count). The number of fused-ring (bicyclic) bond motifs is 2. The summed E-state index contributed by atoms with van der Waals surface area (Å²) in [5.41, 5.74) is 2.86. The fourth-order valence-corrected chi connectivity index (χ4v) is 6.62. The van der Waals surface area contributed by atoms with Crippen LogP contribution >= 0.6 is 0 Å². The molecule has 2 saturated heterocycles. The van der Waals surface area contributed by atoms with Crippen LogP contribution in [-0.4, -0.2) is 67.6 Å². The Morgan fingerprint density at radius 3 is 2.68 bits per heavy atom. The molecule has 0 bridgehead atoms. The van der Waals surface area contributed by atoms with Crippen LogP contribution in [0.25, 0.3) is 0 Å². The summed E-state index contributed by atoms with van der Waals surface area (Å²) in [5, 5.41) is 9.60. The van der Waals surface area contributed by atoms with Crippen LogP contribution in [0.3, 0.4) is 0 Å². The minimum Gasteiger partial charge on any atom is -0.487 e. The molecule has 3 fully saturated rings. The normalized spacial score (nSPS) is 27.7. The number of amides is 2. The minimum absolute atomic E-state index is 0.0100. The third kappa shape index (κ3) is 4.96. The zero-order valence-electron chi connectivity index (χ0n) is 20.5. The van der Waals surface area contributed by atoms with Crippen molar-refractivity contribution in [1.82, 2.24) is 20.9 Å². The summed E-state index contributed by atoms with van der Waals surface area (Å²) in [7, 11) is 1.76. The van der Waals surface area contributed by atoms with E-state index in [0.717, 1.165) is 63.8 Å². The van der Waals surface area contributed by atoms with Crippen LogP contribution in [0.2, 0.25) is 0 Å². The predicted molar refractivity (Wildman–Crippen MR) is 132 cm³/mol. The second kappa shape index (κ2) is 10.6. The third-order valence-electron chi connectivity index (χ3n) is 8.35. The maximum Gasteiger partial charge on any atom is 0.245 e. The van der Waals surface area contributed by atoms with Gasteiger partial charge in [-0.2, -0.15) is 0 Å². The van der Waals surface area contributed by atoms with Crippen LogP contribution in [0, 0.1) is 5.92 Å². The number of benzene rings is 1. The van der Waals surface area contributed by atoms with E-state index in [1.54, 1.807) is 7.05 Å². The Morgan fingerprint density at radius 2 is 1.88 bits per heavy atom. The van der Waals surface area contributed by atoms with Crippen LogP contribution in [0.1, 0.15) is 62.5 Å². The molecule has 186 valence electrons. The van der Waals surface area contributed by atoms with Gasteiger partial charge in [-0.05, 0) is 81.2 Å². The Bertz CT molecular complexity index is 885. The standard InChI is InChI=1S/C27H40N4O3/c1-28-17-24(32)30-25(19-8-3-2-4-9-19)27(33)31-14-13-22-26(31)23(16-29-22)34-21-12-11-18-7-5-6-10-20(18)15-21/h11-12,15,19,22-23,25-26,28-29H,2-10,13-14,16-17H2,1H3,(H,30,32). The molecule has 2 aliphatic heterocycles. The summed E-state index contributed by atoms with van der Waals surface area (Å²) in [6.45, 7) is 1.70. The topological polar surface area (TPSA) is 82.7 Å². The molecule has 4 atom stereocenters. The van der Waals surface area contributed by atoms with Gasteiger partial charge in [-0.1, -0.05) is 25.3 Å². The Labute approximate surface area is 203 Å². The van der Waals surface area contributed by atoms with E-state index in [0.29, 0.717) is 0 Å². The van der Waals surface area contributed by atoms with Gasteiger partial charge in [0.2, 0.25) is 11.8 Å². The van der Waals surface area contributed by atoms with Crippen LogP contribution in [0.15, 0.2) is 18.2 Å². The molecular weight excluding hydrogens is 428 g/mol. The van der Waals surface area contributed by atoms with Crippen molar-refractivity contribution in [3.63, 3.8) is 0 Å². The van der Waals surface area contributed by atoms with Crippen molar-refractivity contribution in [2.75, 3.05) is 26.7 Å². The summed E-state index contributed by atoms with van der Waals surface area (Å²) >= 11 is 0. The van der Waals surface area contributed by atoms with E-state index in [-0.39, 0.29) is 42.5 Å². The molecule has 7 heteroatoms. The lowest BCUT2D eigenvalue weighted by Crippen LogP contribution is -2.57. The summed E-state index contributed by atoms with van der Waals surface area (Å²) in [4.78, 5) is 28.4. The molecule has 4 unspecified atom stereocenters. The molecule has 0 spiro atoms. The first-order valence-electron chi connectivity index (χ1n) is 13.4. The van der Waals surface area contributed by atoms with Crippen molar-refractivity contribution in [1.29, 1.82) is 0 Å². The number of nitrogens with one attached hydrogen (secondary N) is 3. The minimum atomic E-state index is -0.440. The highest BCUT2D eigenvalue weighted by molar-refractivity contribution is 5.89. The van der Waals surface area contributed by atoms with Crippen molar-refractivity contribution in [3.8, 4) is 5.75 Å². The van der Waals surface area contributed by atoms with E-state index >= 15 is 0 Å². The number of likely N-dealkylation sites (tertiary alicyclic amines) is 1. The lowest BCUT2D eigenvalue weighted by molar-refractivity contribution is -0.140. The lowest BCUT2D eigenvalue weighted by atomic mass is 9.83. The fraction of sp³-hybridized carbons (Fsp3) is 0.704. The summed E-state index contributed by atoms with van der Waals surface area (Å²) in [5.74, 6) is 1.11. The van der Waals surface area contributed by atoms with Crippen LogP contribution < -0.4 is 20.7 Å². The highest BCUT2D eigenvalue weighted by Gasteiger charge is 2.49. The Kier molecular flexibility index (Phi) is 7.40. The first-order valence-corrected chi connectivity index (χ1v) is 13.4. The number of hydrogen-bond donors (Lipinski definition) is 3. The zero-order chi connectivity index (χ0) is 23.5. The summed E-state index contributed by atoms with van der Waals surface area (Å²) in [6, 6.07) is 6.36. The largest absolute Gasteiger partial charge is 0.487 e. The van der Waals surface area contributed by atoms with Gasteiger partial charge in [0.15, 0.2) is 0 Å². The number of aryl methyl sites for hydroxylation is 2. The Balaban J connectivity index is 1.31. The first-order chi connectivity index (χ1) is 16.6. The fourth-order valence-electron chi connectivity index (χ4n) is 6.62. The number of hydrogen-bond acceptors (Lipinski definition) is 5. The number of nitrogens with zero attached hydrogens (tertiary/aromatic N) is 1. The molecule has 2 heterocycles. The summed E-state index contributed by atoms with van der Waals surface area (Å²) < 4.78 is 6.53. The van der Waals surface area contributed by atoms with E-state index in [9.17, 15) is 9.59 Å². The van der Waals surface area contributed by atoms with E-state index in [4.69, 9.17) is 4.74 Å². The maximum absolute atomic E-state index is 13.9. The Hall–Kier alpha value is -2.12. The van der Waals surface area contributed by atoms with Gasteiger partial charge in [0.25, 0.3) is 0 Å². The van der Waals surface area contributed by atoms with Crippen molar-refractivity contribution in [2.24, 2.45) is 5.92 Å². The van der Waals surface area contributed by atoms with Crippen molar-refractivity contribution < 1.29 is 14.3 Å². The average molecular weight is 469 g/mol. The van der Waals surface area contributed by atoms with Gasteiger partial charge in [-0.3, -0.25) is 9.59 Å². The van der Waals surface area contributed by atoms with Gasteiger partial charge in [-0.15, -0.1) is 0 Å². The van der Waals surface area contributed by atoms with Gasteiger partial charge >= 0.3 is 0 Å². The number of carbonyl (C=O) groups excluding carboxylic acids is 2. The molecular formula is C27H40N4O3. The monoisotopic (exact) mass is 468 g/mol. The van der Waals surface area contributed by atoms with E-state index in [1.807, 2.05) is 4.90 Å². The smallest absolute Gasteiger partial charge is 0.245 e. The maximum atomic E-state index is 13.9. The van der Waals surface area contributed by atoms with Crippen molar-refractivity contribution in [2.45, 2.75) is 88.4 Å². The number of likely N-dealkylation sites (N-methyl/N-ethyl adjacent to an activating group) is 1. The van der Waals surface area contributed by atoms with E-state index in [1.165, 1.54) is 30.4 Å². The van der Waals surface area contributed by atoms with Crippen LogP contribution in [0.5, 0.6) is 5.75 Å². The number of carbonyl (C=O) groups is 2. The molecule has 7 nitrogen and oxygen atoms in total. The predicted octanol–water partition coefficient (Wildman–Crippen LogP) is 2.17. The second-order valence-electron chi connectivity index (χ2n) is 10.6. The molecule has 34 heavy (non-hydrogen) atoms. The molecule has 2 amide bonds. The molecule has 3 N–H and O–H groups in total. The average Bonchev–Trinajstić information content (AvgIpc) is 3.46. The first kappa shape index (κ1) is 23.6. The third-order valence-corrected chi connectivity index (χ3v) is 8.35. The quantitative estimate of drug-likeness (QED) is 0.571. The zero-order valence-corrected chi connectivity index (χ0v) is 20.5. The Morgan fingerprint density at radius 1 is 1.09 bits per heavy atom. The van der Waals surface area contributed by atoms with Gasteiger partial charge in [0.1, 0.15) is 17.9 Å². The second-order valence-corrected chi connectivity index (χ2v) is 10.6. The lowest BCUT2D eigenvalue weighted by Gasteiger charge is -2.36. The van der Waals surface area contributed by atoms with Crippen molar-refractivity contribution in [3.05, 3.63) is 29.3 Å². The van der Waals surface area contributed by atoms with E-state index in [2.05, 4.69) is 34.1 Å². The van der Waals surface area contributed by atoms with Gasteiger partial charge in [0, 0.05) is 19.1 Å². The van der Waals surface area contributed by atoms with Gasteiger partial charge < -0.3 is 25.6 Å². The van der Waals surface area contributed by atoms with Gasteiger partial charge in [0.05, 0.1) is 12.6 Å². The SMILES string of the molecule is CNCC(=O)NC(C(=O)N1CCC2NCC(Oc3ccc4c(c3)CCCC4)C21)C1CCCCC1. The van der Waals surface area contributed by atoms with Crippen LogP contribution in [-0.2, 0) is 22.4 Å². The molecule has 1 saturated carbocycles. The van der Waals surface area contributed by atoms with E-state index < -0.39 is 6.04 Å². The summed E-state index contributed by atoms with van der Waals surface area (Å²) in [6.07, 6.45) is 11.2. The molecule has 0 radical (unpaired) electrons. The number of rotatable bonds is 7. The molecule has 2 aliphatic carbocycles. The molecule has 4 aliphatic rings. The van der Waals surface area contributed by atoms with Gasteiger partial charge in [-0.25, -0.2) is 0 Å². The highest BCUT2D eigenvalue weighted by atomic mass is 16.5.